The van der Waals surface area contributed by atoms with Gasteiger partial charge in [0.25, 0.3) is 0 Å². The maximum atomic E-state index is 11.1. The topological polar surface area (TPSA) is 47.6 Å². The van der Waals surface area contributed by atoms with Crippen LogP contribution < -0.4 is 10.1 Å². The fourth-order valence-electron chi connectivity index (χ4n) is 1.76. The molecule has 21 heavy (non-hydrogen) atoms. The number of para-hydroxylation sites is 1. The molecule has 1 aromatic carbocycles. The summed E-state index contributed by atoms with van der Waals surface area (Å²) in [6.07, 6.45) is 0.0177. The summed E-state index contributed by atoms with van der Waals surface area (Å²) in [7, 11) is 1.54. The molecule has 112 valence electrons. The van der Waals surface area contributed by atoms with Crippen LogP contribution in [0.3, 0.4) is 0 Å². The predicted molar refractivity (Wildman–Crippen MR) is 86.9 cm³/mol. The van der Waals surface area contributed by atoms with Gasteiger partial charge in [-0.05, 0) is 39.5 Å². The van der Waals surface area contributed by atoms with Crippen molar-refractivity contribution in [2.24, 2.45) is 0 Å². The quantitative estimate of drug-likeness (QED) is 0.821. The number of ether oxygens (including phenoxy) is 2. The summed E-state index contributed by atoms with van der Waals surface area (Å²) < 4.78 is 12.0. The second-order valence-electron chi connectivity index (χ2n) is 4.23. The number of amides is 1. The Hall–Kier alpha value is -1.53. The van der Waals surface area contributed by atoms with Crippen LogP contribution in [0.25, 0.3) is 0 Å². The molecule has 0 saturated carbocycles. The molecule has 1 atom stereocenters. The molecule has 0 saturated heterocycles. The molecule has 0 aliphatic carbocycles. The molecular weight excluding hydrogens is 354 g/mol. The minimum Gasteiger partial charge on any atom is -0.484 e. The summed E-state index contributed by atoms with van der Waals surface area (Å²) in [4.78, 5) is 12.2. The highest BCUT2D eigenvalue weighted by Gasteiger charge is 2.16. The van der Waals surface area contributed by atoms with Crippen LogP contribution in [0.2, 0.25) is 0 Å². The number of thiophene rings is 1. The van der Waals surface area contributed by atoms with Crippen molar-refractivity contribution in [3.8, 4) is 5.75 Å². The van der Waals surface area contributed by atoms with Crippen molar-refractivity contribution in [2.75, 3.05) is 13.7 Å². The van der Waals surface area contributed by atoms with E-state index in [-0.39, 0.29) is 6.10 Å². The minimum absolute atomic E-state index is 0.145. The highest BCUT2D eigenvalue weighted by atomic mass is 79.9. The zero-order valence-corrected chi connectivity index (χ0v) is 13.9. The van der Waals surface area contributed by atoms with Crippen LogP contribution in [0, 0.1) is 0 Å². The largest absolute Gasteiger partial charge is 0.484 e. The molecule has 0 radical (unpaired) electrons. The van der Waals surface area contributed by atoms with Gasteiger partial charge in [-0.1, -0.05) is 18.2 Å². The van der Waals surface area contributed by atoms with Crippen LogP contribution in [-0.4, -0.2) is 19.7 Å². The van der Waals surface area contributed by atoms with E-state index in [0.717, 1.165) is 15.1 Å². The molecule has 2 rings (SSSR count). The van der Waals surface area contributed by atoms with Gasteiger partial charge in [0.2, 0.25) is 0 Å². The molecule has 0 spiro atoms. The van der Waals surface area contributed by atoms with Crippen molar-refractivity contribution in [3.05, 3.63) is 51.1 Å². The third-order valence-corrected chi connectivity index (χ3v) is 4.40. The van der Waals surface area contributed by atoms with E-state index >= 15 is 0 Å². The lowest BCUT2D eigenvalue weighted by Crippen LogP contribution is -2.21. The Morgan fingerprint density at radius 3 is 2.81 bits per heavy atom. The number of benzene rings is 1. The maximum Gasteiger partial charge on any atom is 0.406 e. The number of nitrogens with one attached hydrogen (secondary N) is 1. The van der Waals surface area contributed by atoms with E-state index in [1.165, 1.54) is 7.05 Å². The van der Waals surface area contributed by atoms with Crippen molar-refractivity contribution < 1.29 is 14.3 Å². The van der Waals surface area contributed by atoms with Gasteiger partial charge in [-0.25, -0.2) is 4.79 Å². The predicted octanol–water partition coefficient (Wildman–Crippen LogP) is 4.38. The number of rotatable bonds is 6. The SMILES string of the molecule is CNC(=O)OCCC(Oc1ccccc1Br)c1cccs1. The van der Waals surface area contributed by atoms with E-state index in [2.05, 4.69) is 21.2 Å². The van der Waals surface area contributed by atoms with Crippen LogP contribution >= 0.6 is 27.3 Å². The van der Waals surface area contributed by atoms with Gasteiger partial charge >= 0.3 is 6.09 Å². The Balaban J connectivity index is 2.03. The van der Waals surface area contributed by atoms with Gasteiger partial charge in [0.1, 0.15) is 11.9 Å². The summed E-state index contributed by atoms with van der Waals surface area (Å²) in [6.45, 7) is 0.298. The molecule has 0 bridgehead atoms. The van der Waals surface area contributed by atoms with Crippen LogP contribution in [0.4, 0.5) is 4.79 Å². The molecule has 1 amide bonds. The van der Waals surface area contributed by atoms with Crippen LogP contribution in [0.15, 0.2) is 46.3 Å². The standard InChI is InChI=1S/C15H16BrNO3S/c1-17-15(18)19-9-8-13(14-7-4-10-21-14)20-12-6-3-2-5-11(12)16/h2-7,10,13H,8-9H2,1H3,(H,17,18). The van der Waals surface area contributed by atoms with E-state index in [1.807, 2.05) is 41.8 Å². The first-order valence-corrected chi connectivity index (χ1v) is 8.17. The third-order valence-electron chi connectivity index (χ3n) is 2.78. The van der Waals surface area contributed by atoms with E-state index in [0.29, 0.717) is 13.0 Å². The van der Waals surface area contributed by atoms with Crippen LogP contribution in [0.5, 0.6) is 5.75 Å². The smallest absolute Gasteiger partial charge is 0.406 e. The van der Waals surface area contributed by atoms with E-state index in [4.69, 9.17) is 9.47 Å². The van der Waals surface area contributed by atoms with Crippen LogP contribution in [0.1, 0.15) is 17.4 Å². The molecule has 4 nitrogen and oxygen atoms in total. The van der Waals surface area contributed by atoms with Gasteiger partial charge in [0, 0.05) is 18.3 Å². The first kappa shape index (κ1) is 15.9. The number of carbonyl (C=O) groups excluding carboxylic acids is 1. The van der Waals surface area contributed by atoms with Crippen molar-refractivity contribution in [2.45, 2.75) is 12.5 Å². The Morgan fingerprint density at radius 2 is 2.14 bits per heavy atom. The monoisotopic (exact) mass is 369 g/mol. The zero-order valence-electron chi connectivity index (χ0n) is 11.5. The molecule has 6 heteroatoms. The van der Waals surface area contributed by atoms with E-state index < -0.39 is 6.09 Å². The average Bonchev–Trinajstić information content (AvgIpc) is 3.02. The summed E-state index contributed by atoms with van der Waals surface area (Å²) >= 11 is 5.10. The maximum absolute atomic E-state index is 11.1. The summed E-state index contributed by atoms with van der Waals surface area (Å²) in [5.74, 6) is 0.774. The molecule has 0 fully saturated rings. The number of hydrogen-bond acceptors (Lipinski definition) is 4. The Labute approximate surface area is 136 Å². The molecule has 1 unspecified atom stereocenters. The Bertz CT molecular complexity index is 574. The van der Waals surface area contributed by atoms with Crippen molar-refractivity contribution >= 4 is 33.4 Å². The number of halogens is 1. The molecule has 1 heterocycles. The van der Waals surface area contributed by atoms with Crippen LogP contribution in [-0.2, 0) is 4.74 Å². The van der Waals surface area contributed by atoms with Crippen molar-refractivity contribution in [3.63, 3.8) is 0 Å². The normalized spacial score (nSPS) is 11.7. The van der Waals surface area contributed by atoms with Gasteiger partial charge < -0.3 is 14.8 Å². The minimum atomic E-state index is -0.430. The van der Waals surface area contributed by atoms with Gasteiger partial charge in [0.05, 0.1) is 11.1 Å². The molecule has 1 aromatic heterocycles. The lowest BCUT2D eigenvalue weighted by molar-refractivity contribution is 0.118. The van der Waals surface area contributed by atoms with Gasteiger partial charge in [0.15, 0.2) is 0 Å². The summed E-state index contributed by atoms with van der Waals surface area (Å²) in [5.41, 5.74) is 0. The highest BCUT2D eigenvalue weighted by molar-refractivity contribution is 9.10. The zero-order chi connectivity index (χ0) is 15.1. The molecule has 0 aliphatic rings. The summed E-state index contributed by atoms with van der Waals surface area (Å²) in [6, 6.07) is 11.7. The fourth-order valence-corrected chi connectivity index (χ4v) is 2.93. The van der Waals surface area contributed by atoms with Gasteiger partial charge in [-0.3, -0.25) is 0 Å². The first-order chi connectivity index (χ1) is 10.2. The Morgan fingerprint density at radius 1 is 1.33 bits per heavy atom. The number of carbonyl (C=O) groups is 1. The number of alkyl carbamates (subject to hydrolysis) is 1. The van der Waals surface area contributed by atoms with Gasteiger partial charge in [-0.2, -0.15) is 0 Å². The Kier molecular flexibility index (Phi) is 6.07. The highest BCUT2D eigenvalue weighted by Crippen LogP contribution is 2.32. The molecule has 2 aromatic rings. The van der Waals surface area contributed by atoms with E-state index in [9.17, 15) is 4.79 Å². The number of hydrogen-bond donors (Lipinski definition) is 1. The average molecular weight is 370 g/mol. The molecule has 0 aliphatic heterocycles. The fraction of sp³-hybridized carbons (Fsp3) is 0.267. The van der Waals surface area contributed by atoms with Crippen molar-refractivity contribution in [1.29, 1.82) is 0 Å². The summed E-state index contributed by atoms with van der Waals surface area (Å²) in [5, 5.41) is 4.43. The molecule has 1 N–H and O–H groups in total. The lowest BCUT2D eigenvalue weighted by atomic mass is 10.2. The van der Waals surface area contributed by atoms with Crippen molar-refractivity contribution in [1.82, 2.24) is 5.32 Å². The lowest BCUT2D eigenvalue weighted by Gasteiger charge is -2.19. The first-order valence-electron chi connectivity index (χ1n) is 6.50. The third kappa shape index (κ3) is 4.75. The van der Waals surface area contributed by atoms with Gasteiger partial charge in [-0.15, -0.1) is 11.3 Å². The molecular formula is C15H16BrNO3S. The second kappa shape index (κ2) is 8.05. The second-order valence-corrected chi connectivity index (χ2v) is 6.06. The van der Waals surface area contributed by atoms with E-state index in [1.54, 1.807) is 11.3 Å².